The van der Waals surface area contributed by atoms with E-state index in [9.17, 15) is 19.8 Å². The van der Waals surface area contributed by atoms with Crippen molar-refractivity contribution in [2.24, 2.45) is 0 Å². The van der Waals surface area contributed by atoms with E-state index in [2.05, 4.69) is 6.07 Å². The number of aryl methyl sites for hydroxylation is 2. The second-order valence-electron chi connectivity index (χ2n) is 9.90. The molecule has 9 nitrogen and oxygen atoms in total. The number of likely N-dealkylation sites (tertiary alicyclic amines) is 1. The van der Waals surface area contributed by atoms with Crippen LogP contribution >= 0.6 is 0 Å². The first-order chi connectivity index (χ1) is 16.0. The van der Waals surface area contributed by atoms with Gasteiger partial charge in [-0.15, -0.1) is 0 Å². The van der Waals surface area contributed by atoms with Gasteiger partial charge in [0.15, 0.2) is 0 Å². The number of ether oxygens (including phenoxy) is 2. The van der Waals surface area contributed by atoms with Crippen LogP contribution in [0.5, 0.6) is 5.75 Å². The van der Waals surface area contributed by atoms with E-state index in [0.29, 0.717) is 57.9 Å². The normalized spacial score (nSPS) is 23.4. The SMILES string of the molecule is CCOC(=O)N1CCC(O)(CN2CCN(C(C)=O)CC(O)(COc3cc(C)cc(C)c3)C2)CC1. The highest BCUT2D eigenvalue weighted by Gasteiger charge is 2.41. The molecule has 1 aromatic rings. The zero-order chi connectivity index (χ0) is 24.9. The van der Waals surface area contributed by atoms with Gasteiger partial charge < -0.3 is 29.5 Å². The first-order valence-electron chi connectivity index (χ1n) is 12.1. The van der Waals surface area contributed by atoms with E-state index in [1.165, 1.54) is 6.92 Å². The molecule has 2 amide bonds. The Kier molecular flexibility index (Phi) is 8.43. The molecule has 3 rings (SSSR count). The van der Waals surface area contributed by atoms with E-state index >= 15 is 0 Å². The Labute approximate surface area is 202 Å². The fourth-order valence-corrected chi connectivity index (χ4v) is 4.87. The van der Waals surface area contributed by atoms with Crippen molar-refractivity contribution in [1.29, 1.82) is 0 Å². The van der Waals surface area contributed by atoms with Gasteiger partial charge in [0.25, 0.3) is 0 Å². The van der Waals surface area contributed by atoms with Crippen molar-refractivity contribution in [2.75, 3.05) is 59.0 Å². The molecule has 2 aliphatic rings. The molecule has 1 unspecified atom stereocenters. The maximum Gasteiger partial charge on any atom is 0.409 e. The molecular weight excluding hydrogens is 438 g/mol. The molecule has 2 aliphatic heterocycles. The van der Waals surface area contributed by atoms with Crippen molar-refractivity contribution < 1.29 is 29.3 Å². The molecule has 1 aromatic carbocycles. The molecule has 2 N–H and O–H groups in total. The van der Waals surface area contributed by atoms with Gasteiger partial charge in [0.05, 0.1) is 18.8 Å². The molecule has 0 aliphatic carbocycles. The number of β-amino-alcohol motifs (C(OH)–C–C–N with tert-alkyl or cyclic N) is 2. The van der Waals surface area contributed by atoms with Crippen LogP contribution < -0.4 is 4.74 Å². The molecule has 0 radical (unpaired) electrons. The van der Waals surface area contributed by atoms with E-state index in [0.717, 1.165) is 11.1 Å². The van der Waals surface area contributed by atoms with Crippen LogP contribution in [0.25, 0.3) is 0 Å². The van der Waals surface area contributed by atoms with E-state index in [1.54, 1.807) is 16.7 Å². The van der Waals surface area contributed by atoms with Crippen LogP contribution in [0.1, 0.15) is 37.8 Å². The number of hydrogen-bond donors (Lipinski definition) is 2. The van der Waals surface area contributed by atoms with E-state index < -0.39 is 11.2 Å². The molecule has 9 heteroatoms. The second-order valence-corrected chi connectivity index (χ2v) is 9.90. The maximum absolute atomic E-state index is 12.2. The molecule has 190 valence electrons. The van der Waals surface area contributed by atoms with Crippen LogP contribution in [-0.2, 0) is 9.53 Å². The summed E-state index contributed by atoms with van der Waals surface area (Å²) in [6.45, 7) is 10.2. The predicted octanol–water partition coefficient (Wildman–Crippen LogP) is 1.56. The number of benzene rings is 1. The standard InChI is InChI=1S/C25H39N3O6/c1-5-33-23(30)27-8-6-24(31,7-9-27)15-26-10-11-28(21(4)29)17-25(32,16-26)18-34-22-13-19(2)12-20(3)14-22/h12-14,31-32H,5-11,15-18H2,1-4H3. The molecule has 34 heavy (non-hydrogen) atoms. The predicted molar refractivity (Wildman–Crippen MR) is 128 cm³/mol. The summed E-state index contributed by atoms with van der Waals surface area (Å²) in [5.74, 6) is 0.578. The number of carbonyl (C=O) groups is 2. The summed E-state index contributed by atoms with van der Waals surface area (Å²) in [7, 11) is 0. The van der Waals surface area contributed by atoms with Crippen molar-refractivity contribution in [2.45, 2.75) is 51.7 Å². The Morgan fingerprint density at radius 3 is 2.18 bits per heavy atom. The van der Waals surface area contributed by atoms with E-state index in [-0.39, 0.29) is 31.7 Å². The van der Waals surface area contributed by atoms with Gasteiger partial charge in [0.1, 0.15) is 18.0 Å². The Morgan fingerprint density at radius 2 is 1.59 bits per heavy atom. The van der Waals surface area contributed by atoms with Gasteiger partial charge in [-0.25, -0.2) is 4.79 Å². The molecule has 2 saturated heterocycles. The maximum atomic E-state index is 12.2. The molecule has 2 fully saturated rings. The lowest BCUT2D eigenvalue weighted by atomic mass is 9.90. The van der Waals surface area contributed by atoms with Crippen molar-refractivity contribution in [3.63, 3.8) is 0 Å². The Bertz CT molecular complexity index is 850. The Hall–Kier alpha value is -2.36. The van der Waals surface area contributed by atoms with Gasteiger partial charge >= 0.3 is 6.09 Å². The van der Waals surface area contributed by atoms with Crippen LogP contribution in [0, 0.1) is 13.8 Å². The van der Waals surface area contributed by atoms with Gasteiger partial charge in [-0.3, -0.25) is 9.69 Å². The van der Waals surface area contributed by atoms with Gasteiger partial charge in [0.2, 0.25) is 5.91 Å². The number of piperidine rings is 1. The minimum atomic E-state index is -1.29. The fraction of sp³-hybridized carbons (Fsp3) is 0.680. The highest BCUT2D eigenvalue weighted by Crippen LogP contribution is 2.26. The number of aliphatic hydroxyl groups is 2. The van der Waals surface area contributed by atoms with Gasteiger partial charge in [-0.1, -0.05) is 6.07 Å². The van der Waals surface area contributed by atoms with Gasteiger partial charge in [-0.2, -0.15) is 0 Å². The van der Waals surface area contributed by atoms with Crippen LogP contribution in [0.4, 0.5) is 4.79 Å². The lowest BCUT2D eigenvalue weighted by Gasteiger charge is -2.41. The highest BCUT2D eigenvalue weighted by molar-refractivity contribution is 5.73. The van der Waals surface area contributed by atoms with Crippen LogP contribution in [0.3, 0.4) is 0 Å². The van der Waals surface area contributed by atoms with E-state index in [1.807, 2.05) is 30.9 Å². The highest BCUT2D eigenvalue weighted by atomic mass is 16.6. The average molecular weight is 478 g/mol. The van der Waals surface area contributed by atoms with Gasteiger partial charge in [-0.05, 0) is 56.9 Å². The molecular formula is C25H39N3O6. The largest absolute Gasteiger partial charge is 0.490 e. The summed E-state index contributed by atoms with van der Waals surface area (Å²) >= 11 is 0. The molecule has 0 bridgehead atoms. The van der Waals surface area contributed by atoms with Crippen LogP contribution in [0.2, 0.25) is 0 Å². The molecule has 0 saturated carbocycles. The number of carbonyl (C=O) groups excluding carboxylic acids is 2. The van der Waals surface area contributed by atoms with E-state index in [4.69, 9.17) is 9.47 Å². The third-order valence-electron chi connectivity index (χ3n) is 6.58. The minimum absolute atomic E-state index is 0.0330. The Morgan fingerprint density at radius 1 is 0.941 bits per heavy atom. The summed E-state index contributed by atoms with van der Waals surface area (Å²) in [5, 5.41) is 22.8. The van der Waals surface area contributed by atoms with Gasteiger partial charge in [0, 0.05) is 46.2 Å². The number of hydrogen-bond acceptors (Lipinski definition) is 7. The zero-order valence-corrected chi connectivity index (χ0v) is 20.9. The summed E-state index contributed by atoms with van der Waals surface area (Å²) in [4.78, 5) is 29.4. The lowest BCUT2D eigenvalue weighted by Crippen LogP contribution is -2.56. The topological polar surface area (TPSA) is 103 Å². The number of amides is 2. The third-order valence-corrected chi connectivity index (χ3v) is 6.58. The molecule has 0 aromatic heterocycles. The van der Waals surface area contributed by atoms with Crippen LogP contribution in [-0.4, -0.2) is 107 Å². The smallest absolute Gasteiger partial charge is 0.409 e. The summed E-state index contributed by atoms with van der Waals surface area (Å²) in [6, 6.07) is 5.90. The average Bonchev–Trinajstić information content (AvgIpc) is 2.91. The van der Waals surface area contributed by atoms with Crippen LogP contribution in [0.15, 0.2) is 18.2 Å². The second kappa shape index (κ2) is 10.9. The summed E-state index contributed by atoms with van der Waals surface area (Å²) in [5.41, 5.74) is -0.122. The Balaban J connectivity index is 1.67. The van der Waals surface area contributed by atoms with Crippen molar-refractivity contribution in [3.05, 3.63) is 29.3 Å². The third kappa shape index (κ3) is 7.07. The van der Waals surface area contributed by atoms with Crippen molar-refractivity contribution in [3.8, 4) is 5.75 Å². The van der Waals surface area contributed by atoms with Crippen molar-refractivity contribution >= 4 is 12.0 Å². The summed E-state index contributed by atoms with van der Waals surface area (Å²) in [6.07, 6.45) is 0.501. The number of nitrogens with zero attached hydrogens (tertiary/aromatic N) is 3. The molecule has 0 spiro atoms. The number of rotatable bonds is 6. The first-order valence-corrected chi connectivity index (χ1v) is 12.1. The van der Waals surface area contributed by atoms with Crippen molar-refractivity contribution in [1.82, 2.24) is 14.7 Å². The summed E-state index contributed by atoms with van der Waals surface area (Å²) < 4.78 is 11.1. The molecule has 2 heterocycles. The quantitative estimate of drug-likeness (QED) is 0.641. The molecule has 1 atom stereocenters. The zero-order valence-electron chi connectivity index (χ0n) is 20.9. The lowest BCUT2D eigenvalue weighted by molar-refractivity contribution is -0.132. The fourth-order valence-electron chi connectivity index (χ4n) is 4.87. The minimum Gasteiger partial charge on any atom is -0.490 e. The monoisotopic (exact) mass is 477 g/mol. The first kappa shape index (κ1) is 26.2.